The molecule has 0 saturated carbocycles. The maximum Gasteiger partial charge on any atom is 0.421 e. The number of ether oxygens (including phenoxy) is 2. The average molecular weight is 206 g/mol. The molecule has 0 aromatic carbocycles. The van der Waals surface area contributed by atoms with Crippen LogP contribution in [0.1, 0.15) is 12.8 Å². The molecule has 14 heavy (non-hydrogen) atoms. The molecule has 0 aromatic rings. The van der Waals surface area contributed by atoms with Gasteiger partial charge >= 0.3 is 12.2 Å². The molecule has 2 amide bonds. The second-order valence-electron chi connectivity index (χ2n) is 2.27. The summed E-state index contributed by atoms with van der Waals surface area (Å²) in [6.45, 7) is 0.438. The number of hydrogen-bond acceptors (Lipinski definition) is 6. The lowest BCUT2D eigenvalue weighted by Crippen LogP contribution is -2.31. The number of hydrogen-bond donors (Lipinski definition) is 4. The quantitative estimate of drug-likeness (QED) is 0.197. The van der Waals surface area contributed by atoms with Gasteiger partial charge in [-0.3, -0.25) is 10.9 Å². The lowest BCUT2D eigenvalue weighted by atomic mass is 10.3. The largest absolute Gasteiger partial charge is 0.449 e. The highest BCUT2D eigenvalue weighted by atomic mass is 16.6. The van der Waals surface area contributed by atoms with Gasteiger partial charge in [-0.05, 0) is 12.8 Å². The van der Waals surface area contributed by atoms with E-state index in [1.807, 2.05) is 10.9 Å². The third kappa shape index (κ3) is 7.13. The number of amides is 2. The fraction of sp³-hybridized carbons (Fsp3) is 0.667. The van der Waals surface area contributed by atoms with E-state index in [2.05, 4.69) is 9.47 Å². The van der Waals surface area contributed by atoms with Crippen molar-refractivity contribution in [3.05, 3.63) is 0 Å². The van der Waals surface area contributed by atoms with Gasteiger partial charge in [-0.25, -0.2) is 21.3 Å². The van der Waals surface area contributed by atoms with Gasteiger partial charge in [-0.1, -0.05) is 0 Å². The first-order chi connectivity index (χ1) is 6.70. The predicted octanol–water partition coefficient (Wildman–Crippen LogP) is -1.03. The molecule has 82 valence electrons. The Morgan fingerprint density at radius 2 is 1.29 bits per heavy atom. The molecule has 0 atom stereocenters. The molecule has 0 bridgehead atoms. The van der Waals surface area contributed by atoms with E-state index in [9.17, 15) is 9.59 Å². The van der Waals surface area contributed by atoms with E-state index in [-0.39, 0.29) is 13.2 Å². The highest BCUT2D eigenvalue weighted by molar-refractivity contribution is 5.66. The van der Waals surface area contributed by atoms with Gasteiger partial charge in [-0.15, -0.1) is 0 Å². The number of carbonyl (C=O) groups is 2. The Labute approximate surface area is 80.8 Å². The van der Waals surface area contributed by atoms with E-state index >= 15 is 0 Å². The monoisotopic (exact) mass is 206 g/mol. The maximum absolute atomic E-state index is 10.4. The molecule has 8 heteroatoms. The highest BCUT2D eigenvalue weighted by Crippen LogP contribution is 1.91. The molecule has 0 unspecified atom stereocenters. The fourth-order valence-electron chi connectivity index (χ4n) is 0.617. The lowest BCUT2D eigenvalue weighted by molar-refractivity contribution is 0.128. The molecule has 0 spiro atoms. The summed E-state index contributed by atoms with van der Waals surface area (Å²) < 4.78 is 9.14. The Bertz CT molecular complexity index is 167. The summed E-state index contributed by atoms with van der Waals surface area (Å²) >= 11 is 0. The van der Waals surface area contributed by atoms with Crippen LogP contribution < -0.4 is 22.5 Å². The van der Waals surface area contributed by atoms with Gasteiger partial charge in [0.15, 0.2) is 0 Å². The molecule has 8 nitrogen and oxygen atoms in total. The van der Waals surface area contributed by atoms with Crippen molar-refractivity contribution < 1.29 is 19.1 Å². The first kappa shape index (κ1) is 12.5. The van der Waals surface area contributed by atoms with Crippen LogP contribution in [-0.2, 0) is 9.47 Å². The SMILES string of the molecule is NNC(=O)OCCCCOC(=O)NN. The van der Waals surface area contributed by atoms with Crippen molar-refractivity contribution in [1.82, 2.24) is 10.9 Å². The molecule has 0 heterocycles. The van der Waals surface area contributed by atoms with Gasteiger partial charge in [0, 0.05) is 0 Å². The van der Waals surface area contributed by atoms with E-state index in [0.717, 1.165) is 0 Å². The minimum Gasteiger partial charge on any atom is -0.449 e. The standard InChI is InChI=1S/C6H14N4O4/c7-9-5(11)13-3-1-2-4-14-6(12)10-8/h1-4,7-8H2,(H,9,11)(H,10,12). The van der Waals surface area contributed by atoms with E-state index in [0.29, 0.717) is 12.8 Å². The Hall–Kier alpha value is -1.54. The average Bonchev–Trinajstić information content (AvgIpc) is 2.22. The van der Waals surface area contributed by atoms with Crippen LogP contribution in [0.15, 0.2) is 0 Å². The summed E-state index contributed by atoms with van der Waals surface area (Å²) in [5.41, 5.74) is 3.62. The Kier molecular flexibility index (Phi) is 7.19. The zero-order valence-corrected chi connectivity index (χ0v) is 7.62. The Balaban J connectivity index is 3.14. The molecular formula is C6H14N4O4. The Morgan fingerprint density at radius 1 is 0.929 bits per heavy atom. The molecule has 0 rings (SSSR count). The molecule has 0 aromatic heterocycles. The van der Waals surface area contributed by atoms with Crippen LogP contribution in [0.3, 0.4) is 0 Å². The van der Waals surface area contributed by atoms with Crippen molar-refractivity contribution >= 4 is 12.2 Å². The third-order valence-electron chi connectivity index (χ3n) is 1.24. The number of nitrogens with one attached hydrogen (secondary N) is 2. The molecule has 0 aliphatic heterocycles. The number of carbonyl (C=O) groups excluding carboxylic acids is 2. The van der Waals surface area contributed by atoms with Gasteiger partial charge in [0.25, 0.3) is 0 Å². The summed E-state index contributed by atoms with van der Waals surface area (Å²) in [7, 11) is 0. The van der Waals surface area contributed by atoms with Crippen LogP contribution in [0, 0.1) is 0 Å². The van der Waals surface area contributed by atoms with Crippen molar-refractivity contribution in [3.8, 4) is 0 Å². The van der Waals surface area contributed by atoms with Gasteiger partial charge in [0.1, 0.15) is 0 Å². The topological polar surface area (TPSA) is 129 Å². The molecule has 0 saturated heterocycles. The van der Waals surface area contributed by atoms with Gasteiger partial charge in [0.2, 0.25) is 0 Å². The summed E-state index contributed by atoms with van der Waals surface area (Å²) in [5, 5.41) is 0. The molecule has 0 fully saturated rings. The van der Waals surface area contributed by atoms with E-state index in [1.54, 1.807) is 0 Å². The molecular weight excluding hydrogens is 192 g/mol. The Morgan fingerprint density at radius 3 is 1.57 bits per heavy atom. The first-order valence-corrected chi connectivity index (χ1v) is 3.97. The first-order valence-electron chi connectivity index (χ1n) is 3.97. The molecule has 0 aliphatic carbocycles. The number of nitrogens with two attached hydrogens (primary N) is 2. The highest BCUT2D eigenvalue weighted by Gasteiger charge is 1.99. The van der Waals surface area contributed by atoms with Crippen LogP contribution in [-0.4, -0.2) is 25.4 Å². The number of unbranched alkanes of at least 4 members (excludes halogenated alkanes) is 1. The summed E-state index contributed by atoms with van der Waals surface area (Å²) in [4.78, 5) is 20.9. The van der Waals surface area contributed by atoms with Crippen LogP contribution >= 0.6 is 0 Å². The molecule has 6 N–H and O–H groups in total. The smallest absolute Gasteiger partial charge is 0.421 e. The van der Waals surface area contributed by atoms with Crippen LogP contribution in [0.25, 0.3) is 0 Å². The molecule has 0 radical (unpaired) electrons. The van der Waals surface area contributed by atoms with Crippen molar-refractivity contribution in [2.24, 2.45) is 11.7 Å². The van der Waals surface area contributed by atoms with Crippen molar-refractivity contribution in [2.75, 3.05) is 13.2 Å². The predicted molar refractivity (Wildman–Crippen MR) is 46.6 cm³/mol. The summed E-state index contributed by atoms with van der Waals surface area (Å²) in [6.07, 6.45) is -0.229. The zero-order chi connectivity index (χ0) is 10.8. The minimum absolute atomic E-state index is 0.219. The lowest BCUT2D eigenvalue weighted by Gasteiger charge is -2.04. The van der Waals surface area contributed by atoms with E-state index < -0.39 is 12.2 Å². The van der Waals surface area contributed by atoms with Crippen LogP contribution in [0.4, 0.5) is 9.59 Å². The van der Waals surface area contributed by atoms with Gasteiger partial charge < -0.3 is 9.47 Å². The second-order valence-corrected chi connectivity index (χ2v) is 2.27. The normalized spacial score (nSPS) is 9.00. The molecule has 0 aliphatic rings. The zero-order valence-electron chi connectivity index (χ0n) is 7.62. The van der Waals surface area contributed by atoms with E-state index in [4.69, 9.17) is 11.7 Å². The van der Waals surface area contributed by atoms with Gasteiger partial charge in [-0.2, -0.15) is 0 Å². The number of hydrazine groups is 2. The maximum atomic E-state index is 10.4. The van der Waals surface area contributed by atoms with Crippen LogP contribution in [0.2, 0.25) is 0 Å². The number of rotatable bonds is 5. The van der Waals surface area contributed by atoms with Crippen LogP contribution in [0.5, 0.6) is 0 Å². The van der Waals surface area contributed by atoms with Crippen molar-refractivity contribution in [1.29, 1.82) is 0 Å². The van der Waals surface area contributed by atoms with E-state index in [1.165, 1.54) is 0 Å². The minimum atomic E-state index is -0.689. The van der Waals surface area contributed by atoms with Crippen molar-refractivity contribution in [3.63, 3.8) is 0 Å². The third-order valence-corrected chi connectivity index (χ3v) is 1.24. The fourth-order valence-corrected chi connectivity index (χ4v) is 0.617. The summed E-state index contributed by atoms with van der Waals surface area (Å²) in [5.74, 6) is 9.51. The van der Waals surface area contributed by atoms with Crippen molar-refractivity contribution in [2.45, 2.75) is 12.8 Å². The second kappa shape index (κ2) is 8.08. The summed E-state index contributed by atoms with van der Waals surface area (Å²) in [6, 6.07) is 0. The van der Waals surface area contributed by atoms with Gasteiger partial charge in [0.05, 0.1) is 13.2 Å².